The van der Waals surface area contributed by atoms with E-state index in [2.05, 4.69) is 46.3 Å². The van der Waals surface area contributed by atoms with Gasteiger partial charge in [0.25, 0.3) is 0 Å². The molecule has 1 aliphatic rings. The zero-order chi connectivity index (χ0) is 18.3. The Morgan fingerprint density at radius 1 is 0.880 bits per heavy atom. The summed E-state index contributed by atoms with van der Waals surface area (Å²) in [4.78, 5) is 9.32. The number of likely N-dealkylation sites (N-methyl/N-ethyl adjacent to an activating group) is 1. The molecule has 5 heteroatoms. The molecule has 0 aromatic heterocycles. The van der Waals surface area contributed by atoms with Crippen molar-refractivity contribution in [2.45, 2.75) is 58.8 Å². The maximum Gasteiger partial charge on any atom is 0.190 e. The van der Waals surface area contributed by atoms with E-state index in [4.69, 9.17) is 0 Å². The Morgan fingerprint density at radius 3 is 2.08 bits per heavy atom. The minimum absolute atomic E-state index is 0.845. The van der Waals surface area contributed by atoms with E-state index in [-0.39, 0.29) is 0 Å². The van der Waals surface area contributed by atoms with Crippen LogP contribution in [-0.2, 0) is 0 Å². The first-order valence-electron chi connectivity index (χ1n) is 10.5. The fraction of sp³-hybridized carbons (Fsp3) is 0.950. The van der Waals surface area contributed by atoms with E-state index in [9.17, 15) is 0 Å². The predicted molar refractivity (Wildman–Crippen MR) is 110 cm³/mol. The van der Waals surface area contributed by atoms with Crippen LogP contribution in [0.1, 0.15) is 58.8 Å². The average Bonchev–Trinajstić information content (AvgIpc) is 2.60. The lowest BCUT2D eigenvalue weighted by atomic mass is 10.0. The zero-order valence-corrected chi connectivity index (χ0v) is 17.3. The van der Waals surface area contributed by atoms with E-state index >= 15 is 0 Å². The first-order chi connectivity index (χ1) is 12.1. The van der Waals surface area contributed by atoms with E-state index < -0.39 is 0 Å². The Kier molecular flexibility index (Phi) is 12.8. The molecule has 1 saturated heterocycles. The summed E-state index contributed by atoms with van der Waals surface area (Å²) in [5, 5.41) is 6.88. The third kappa shape index (κ3) is 12.2. The summed E-state index contributed by atoms with van der Waals surface area (Å²) in [7, 11) is 4.08. The number of nitrogens with zero attached hydrogens (tertiary/aromatic N) is 3. The van der Waals surface area contributed by atoms with Crippen LogP contribution in [0.5, 0.6) is 0 Å². The van der Waals surface area contributed by atoms with Crippen molar-refractivity contribution in [3.63, 3.8) is 0 Å². The van der Waals surface area contributed by atoms with Crippen molar-refractivity contribution < 1.29 is 0 Å². The lowest BCUT2D eigenvalue weighted by Crippen LogP contribution is -2.44. The van der Waals surface area contributed by atoms with E-state index in [1.54, 1.807) is 0 Å². The Labute approximate surface area is 156 Å². The molecule has 0 aromatic carbocycles. The topological polar surface area (TPSA) is 42.9 Å². The van der Waals surface area contributed by atoms with E-state index in [0.29, 0.717) is 0 Å². The molecule has 0 atom stereocenters. The standard InChI is InChI=1S/C20H43N5/c1-19(2)11-7-5-6-8-12-22-20(21-3)23-13-9-10-14-25-17-15-24(4)16-18-25/h19H,5-18H2,1-4H3,(H2,21,22,23). The van der Waals surface area contributed by atoms with Gasteiger partial charge in [-0.2, -0.15) is 0 Å². The lowest BCUT2D eigenvalue weighted by molar-refractivity contribution is 0.152. The maximum atomic E-state index is 4.32. The van der Waals surface area contributed by atoms with Gasteiger partial charge >= 0.3 is 0 Å². The zero-order valence-electron chi connectivity index (χ0n) is 17.3. The summed E-state index contributed by atoms with van der Waals surface area (Å²) < 4.78 is 0. The number of nitrogens with one attached hydrogen (secondary N) is 2. The van der Waals surface area contributed by atoms with Crippen molar-refractivity contribution in [3.8, 4) is 0 Å². The Bertz CT molecular complexity index is 335. The number of hydrogen-bond donors (Lipinski definition) is 2. The second-order valence-electron chi connectivity index (χ2n) is 7.87. The molecule has 5 nitrogen and oxygen atoms in total. The van der Waals surface area contributed by atoms with Gasteiger partial charge in [0.05, 0.1) is 0 Å². The molecule has 0 radical (unpaired) electrons. The number of aliphatic imine (C=N–C) groups is 1. The molecule has 1 aliphatic heterocycles. The molecule has 2 N–H and O–H groups in total. The van der Waals surface area contributed by atoms with Gasteiger partial charge < -0.3 is 20.4 Å². The molecular formula is C20H43N5. The number of piperazine rings is 1. The number of rotatable bonds is 12. The van der Waals surface area contributed by atoms with Gasteiger partial charge in [0.1, 0.15) is 0 Å². The third-order valence-electron chi connectivity index (χ3n) is 5.01. The highest BCUT2D eigenvalue weighted by molar-refractivity contribution is 5.79. The van der Waals surface area contributed by atoms with Crippen LogP contribution < -0.4 is 10.6 Å². The van der Waals surface area contributed by atoms with Crippen LogP contribution in [0.15, 0.2) is 4.99 Å². The second-order valence-corrected chi connectivity index (χ2v) is 7.87. The smallest absolute Gasteiger partial charge is 0.190 e. The number of guanidine groups is 1. The van der Waals surface area contributed by atoms with Crippen LogP contribution in [0.25, 0.3) is 0 Å². The van der Waals surface area contributed by atoms with Gasteiger partial charge in [0.15, 0.2) is 5.96 Å². The molecule has 0 spiro atoms. The maximum absolute atomic E-state index is 4.32. The quantitative estimate of drug-likeness (QED) is 0.322. The van der Waals surface area contributed by atoms with Crippen LogP contribution in [0.3, 0.4) is 0 Å². The summed E-state index contributed by atoms with van der Waals surface area (Å²) in [6.07, 6.45) is 9.14. The Morgan fingerprint density at radius 2 is 1.48 bits per heavy atom. The SMILES string of the molecule is CN=C(NCCCCCCC(C)C)NCCCCN1CCN(C)CC1. The third-order valence-corrected chi connectivity index (χ3v) is 5.01. The summed E-state index contributed by atoms with van der Waals surface area (Å²) in [5.74, 6) is 1.80. The van der Waals surface area contributed by atoms with E-state index in [1.807, 2.05) is 7.05 Å². The molecule has 0 saturated carbocycles. The van der Waals surface area contributed by atoms with Crippen LogP contribution >= 0.6 is 0 Å². The van der Waals surface area contributed by atoms with Crippen molar-refractivity contribution in [3.05, 3.63) is 0 Å². The van der Waals surface area contributed by atoms with E-state index in [0.717, 1.165) is 25.0 Å². The van der Waals surface area contributed by atoms with Crippen LogP contribution in [0, 0.1) is 5.92 Å². The normalized spacial score (nSPS) is 17.2. The van der Waals surface area contributed by atoms with Crippen LogP contribution in [-0.4, -0.2) is 75.7 Å². The highest BCUT2D eigenvalue weighted by Gasteiger charge is 2.12. The molecule has 1 rings (SSSR count). The fourth-order valence-electron chi connectivity index (χ4n) is 3.20. The van der Waals surface area contributed by atoms with Gasteiger partial charge in [-0.3, -0.25) is 4.99 Å². The van der Waals surface area contributed by atoms with Crippen LogP contribution in [0.2, 0.25) is 0 Å². The van der Waals surface area contributed by atoms with Crippen molar-refractivity contribution >= 4 is 5.96 Å². The highest BCUT2D eigenvalue weighted by atomic mass is 15.2. The first kappa shape index (κ1) is 22.2. The first-order valence-corrected chi connectivity index (χ1v) is 10.5. The molecule has 0 aromatic rings. The van der Waals surface area contributed by atoms with Crippen molar-refractivity contribution in [2.24, 2.45) is 10.9 Å². The monoisotopic (exact) mass is 353 g/mol. The molecule has 1 heterocycles. The van der Waals surface area contributed by atoms with Gasteiger partial charge in [0, 0.05) is 46.3 Å². The van der Waals surface area contributed by atoms with Gasteiger partial charge in [-0.25, -0.2) is 0 Å². The summed E-state index contributed by atoms with van der Waals surface area (Å²) >= 11 is 0. The minimum atomic E-state index is 0.845. The van der Waals surface area contributed by atoms with E-state index in [1.165, 1.54) is 77.7 Å². The lowest BCUT2D eigenvalue weighted by Gasteiger charge is -2.32. The molecule has 1 fully saturated rings. The number of unbranched alkanes of at least 4 members (excludes halogenated alkanes) is 4. The fourth-order valence-corrected chi connectivity index (χ4v) is 3.20. The van der Waals surface area contributed by atoms with Gasteiger partial charge in [-0.1, -0.05) is 39.5 Å². The predicted octanol–water partition coefficient (Wildman–Crippen LogP) is 2.79. The summed E-state index contributed by atoms with van der Waals surface area (Å²) in [6, 6.07) is 0. The highest BCUT2D eigenvalue weighted by Crippen LogP contribution is 2.08. The molecule has 0 bridgehead atoms. The molecule has 0 aliphatic carbocycles. The second kappa shape index (κ2) is 14.4. The number of hydrogen-bond acceptors (Lipinski definition) is 3. The molecule has 0 amide bonds. The van der Waals surface area contributed by atoms with Gasteiger partial charge in [-0.05, 0) is 38.8 Å². The molecule has 148 valence electrons. The van der Waals surface area contributed by atoms with Crippen LogP contribution in [0.4, 0.5) is 0 Å². The average molecular weight is 354 g/mol. The Hall–Kier alpha value is -0.810. The molecular weight excluding hydrogens is 310 g/mol. The summed E-state index contributed by atoms with van der Waals surface area (Å²) in [6.45, 7) is 12.8. The van der Waals surface area contributed by atoms with Crippen molar-refractivity contribution in [2.75, 3.05) is 59.9 Å². The largest absolute Gasteiger partial charge is 0.356 e. The molecule has 0 unspecified atom stereocenters. The van der Waals surface area contributed by atoms with Crippen molar-refractivity contribution in [1.29, 1.82) is 0 Å². The van der Waals surface area contributed by atoms with Gasteiger partial charge in [-0.15, -0.1) is 0 Å². The summed E-state index contributed by atoms with van der Waals surface area (Å²) in [5.41, 5.74) is 0. The van der Waals surface area contributed by atoms with Crippen molar-refractivity contribution in [1.82, 2.24) is 20.4 Å². The minimum Gasteiger partial charge on any atom is -0.356 e. The van der Waals surface area contributed by atoms with Gasteiger partial charge in [0.2, 0.25) is 0 Å². The Balaban J connectivity index is 1.92. The molecule has 25 heavy (non-hydrogen) atoms.